The molecule has 4 fully saturated rings. The van der Waals surface area contributed by atoms with Gasteiger partial charge in [-0.2, -0.15) is 0 Å². The molecule has 26 heteroatoms. The molecule has 452 valence electrons. The topological polar surface area (TPSA) is 138 Å². The number of fused-ring (bicyclic) bond motifs is 6. The van der Waals surface area contributed by atoms with Crippen molar-refractivity contribution in [2.75, 3.05) is 13.3 Å². The fourth-order valence-electron chi connectivity index (χ4n) is 11.0. The molecule has 4 aliphatic rings. The monoisotopic (exact) mass is 1370 g/mol. The Morgan fingerprint density at radius 1 is 0.382 bits per heavy atom. The largest absolute Gasteiger partial charge is 0.521 e. The molecule has 4 saturated heterocycles. The Morgan fingerprint density at radius 3 is 1.25 bits per heavy atom. The summed E-state index contributed by atoms with van der Waals surface area (Å²) in [7, 11) is -43.3. The maximum absolute atomic E-state index is 8.60. The van der Waals surface area contributed by atoms with Gasteiger partial charge in [-0.1, -0.05) is 266 Å². The van der Waals surface area contributed by atoms with Gasteiger partial charge in [-0.3, -0.25) is 0 Å². The lowest BCUT2D eigenvalue weighted by Gasteiger charge is -2.53. The van der Waals surface area contributed by atoms with Crippen LogP contribution >= 0.6 is 0 Å². The van der Waals surface area contributed by atoms with Crippen LogP contribution in [0.5, 0.6) is 5.75 Å². The summed E-state index contributed by atoms with van der Waals surface area (Å²) < 4.78 is 120. The molecule has 0 spiro atoms. The maximum Gasteiger partial charge on any atom is 0.521 e. The lowest BCUT2D eigenvalue weighted by molar-refractivity contribution is 0.0914. The first-order chi connectivity index (χ1) is 43.3. The van der Waals surface area contributed by atoms with Gasteiger partial charge in [0, 0.05) is 31.1 Å². The van der Waals surface area contributed by atoms with Crippen molar-refractivity contribution >= 4 is 147 Å². The van der Waals surface area contributed by atoms with E-state index in [0.29, 0.717) is 36.9 Å². The van der Waals surface area contributed by atoms with E-state index in [4.69, 9.17) is 62.7 Å². The summed E-state index contributed by atoms with van der Waals surface area (Å²) in [4.78, 5) is 0. The average Bonchev–Trinajstić information content (AvgIpc) is 1.59. The highest BCUT2D eigenvalue weighted by Crippen LogP contribution is 2.41. The number of benzene rings is 9. The van der Waals surface area contributed by atoms with Crippen molar-refractivity contribution < 1.29 is 62.7 Å². The molecule has 15 nitrogen and oxygen atoms in total. The van der Waals surface area contributed by atoms with Gasteiger partial charge in [-0.05, 0) is 59.9 Å². The van der Waals surface area contributed by atoms with Gasteiger partial charge in [-0.15, -0.1) is 0 Å². The summed E-state index contributed by atoms with van der Waals surface area (Å²) in [5.41, 5.74) is 6.89. The van der Waals surface area contributed by atoms with E-state index in [1.807, 2.05) is 273 Å². The van der Waals surface area contributed by atoms with Crippen LogP contribution in [0.2, 0.25) is 13.1 Å². The number of ether oxygens (including phenoxy) is 1. The molecule has 0 amide bonds. The van der Waals surface area contributed by atoms with Crippen molar-refractivity contribution in [2.45, 2.75) is 20.0 Å². The zero-order valence-electron chi connectivity index (χ0n) is 49.6. The van der Waals surface area contributed by atoms with Crippen molar-refractivity contribution in [1.82, 2.24) is 0 Å². The summed E-state index contributed by atoms with van der Waals surface area (Å²) >= 11 is 0. The van der Waals surface area contributed by atoms with Gasteiger partial charge in [0.2, 0.25) is 0 Å². The second-order valence-corrected chi connectivity index (χ2v) is 51.5. The van der Waals surface area contributed by atoms with Gasteiger partial charge in [0.05, 0.1) is 13.3 Å². The van der Waals surface area contributed by atoms with Crippen LogP contribution in [0.15, 0.2) is 272 Å². The van der Waals surface area contributed by atoms with Crippen LogP contribution < -0.4 is 41.0 Å². The Balaban J connectivity index is 1.22. The highest BCUT2D eigenvalue weighted by molar-refractivity contribution is 7.07. The number of rotatable bonds is 13. The zero-order valence-corrected chi connectivity index (χ0v) is 61.9. The summed E-state index contributed by atoms with van der Waals surface area (Å²) in [6, 6.07) is 84.6. The second-order valence-electron chi connectivity index (χ2n) is 21.9. The predicted molar refractivity (Wildman–Crippen MR) is 367 cm³/mol. The molecule has 9 aromatic carbocycles. The average molecular weight is 1370 g/mol. The van der Waals surface area contributed by atoms with Gasteiger partial charge in [0.1, 0.15) is 16.2 Å². The zero-order chi connectivity index (χ0) is 61.1. The third-order valence-electron chi connectivity index (χ3n) is 15.4. The van der Waals surface area contributed by atoms with Crippen LogP contribution in [0.25, 0.3) is 12.2 Å². The first-order valence-corrected chi connectivity index (χ1v) is 48.5. The van der Waals surface area contributed by atoms with Crippen LogP contribution in [0.4, 0.5) is 0 Å². The van der Waals surface area contributed by atoms with Crippen LogP contribution in [0.3, 0.4) is 0 Å². The van der Waals surface area contributed by atoms with Crippen molar-refractivity contribution in [2.24, 2.45) is 0 Å². The minimum absolute atomic E-state index is 0.102. The Hall–Kier alpha value is -5.91. The molecule has 6 bridgehead atoms. The Bertz CT molecular complexity index is 3900. The van der Waals surface area contributed by atoms with Gasteiger partial charge < -0.3 is 62.7 Å². The van der Waals surface area contributed by atoms with E-state index in [-0.39, 0.29) is 16.7 Å². The maximum atomic E-state index is 8.60. The Morgan fingerprint density at radius 2 is 0.764 bits per heavy atom. The normalized spacial score (nSPS) is 30.7. The highest BCUT2D eigenvalue weighted by Gasteiger charge is 2.75. The van der Waals surface area contributed by atoms with E-state index >= 15 is 0 Å². The molecule has 9 aromatic rings. The van der Waals surface area contributed by atoms with Gasteiger partial charge >= 0.3 is 88.5 Å². The number of hydrogen-bond donors (Lipinski definition) is 0. The van der Waals surface area contributed by atoms with Crippen molar-refractivity contribution in [3.8, 4) is 5.75 Å². The predicted octanol–water partition coefficient (Wildman–Crippen LogP) is 5.48. The fourth-order valence-corrected chi connectivity index (χ4v) is 61.5. The molecular weight excluding hydrogens is 1310 g/mol. The molecule has 0 saturated carbocycles. The summed E-state index contributed by atoms with van der Waals surface area (Å²) in [6.07, 6.45) is 3.84. The molecule has 0 aliphatic carbocycles. The van der Waals surface area contributed by atoms with Crippen molar-refractivity contribution in [3.63, 3.8) is 0 Å². The second kappa shape index (κ2) is 26.0. The SMILES string of the molecule is COc1ccc(/C=C/[Si]2(C)O[SiH]3CO[Si]4(c5ccccc5)O[SiH](c5ccccc5)O[Si]5(c6ccccc6)O[Si](C)(/C=C/c6ccc(C)cc6)O[Si](c6ccccc6)(O4)O[Si@](c4ccccc4)(O3)O[Si](c3ccccc3)(O[Si](O[SiH3])(c3ccccc3)O2)O5)cc1. The first kappa shape index (κ1) is 61.9. The molecule has 13 rings (SSSR count). The van der Waals surface area contributed by atoms with Crippen molar-refractivity contribution in [3.05, 3.63) is 289 Å². The highest BCUT2D eigenvalue weighted by atomic mass is 28.6. The lowest BCUT2D eigenvalue weighted by Crippen LogP contribution is -2.85. The Labute approximate surface area is 534 Å². The summed E-state index contributed by atoms with van der Waals surface area (Å²) in [5, 5.41) is 4.15. The van der Waals surface area contributed by atoms with E-state index in [1.165, 1.54) is 0 Å². The third kappa shape index (κ3) is 13.0. The van der Waals surface area contributed by atoms with E-state index < -0.39 is 88.5 Å². The van der Waals surface area contributed by atoms with Gasteiger partial charge in [-0.25, -0.2) is 0 Å². The fraction of sp³-hybridized carbons (Fsp3) is 0.0794. The van der Waals surface area contributed by atoms with Crippen LogP contribution in [0.1, 0.15) is 16.7 Å². The van der Waals surface area contributed by atoms with E-state index in [0.717, 1.165) is 21.9 Å². The molecule has 4 aliphatic heterocycles. The molecule has 0 radical (unpaired) electrons. The number of aryl methyl sites for hydroxylation is 1. The molecular formula is C63H66O15Si11. The third-order valence-corrected chi connectivity index (χ3v) is 55.8. The molecule has 4 heterocycles. The lowest BCUT2D eigenvalue weighted by atomic mass is 10.2. The quantitative estimate of drug-likeness (QED) is 0.135. The van der Waals surface area contributed by atoms with Crippen LogP contribution in [0, 0.1) is 6.92 Å². The van der Waals surface area contributed by atoms with E-state index in [9.17, 15) is 0 Å². The van der Waals surface area contributed by atoms with Crippen LogP contribution in [-0.4, -0.2) is 112 Å². The summed E-state index contributed by atoms with van der Waals surface area (Å²) in [6.45, 7) is 6.04. The van der Waals surface area contributed by atoms with E-state index in [2.05, 4.69) is 31.2 Å². The Kier molecular flexibility index (Phi) is 18.1. The molecule has 10 atom stereocenters. The smallest absolute Gasteiger partial charge is 0.497 e. The first-order valence-electron chi connectivity index (χ1n) is 29.3. The summed E-state index contributed by atoms with van der Waals surface area (Å²) in [5.74, 6) is 0.712. The minimum atomic E-state index is -5.19. The molecule has 9 unspecified atom stereocenters. The van der Waals surface area contributed by atoms with Gasteiger partial charge in [0.15, 0.2) is 0 Å². The molecule has 0 N–H and O–H groups in total. The van der Waals surface area contributed by atoms with E-state index in [1.54, 1.807) is 7.11 Å². The van der Waals surface area contributed by atoms with Crippen LogP contribution in [-0.2, 0) is 57.9 Å². The van der Waals surface area contributed by atoms with Gasteiger partial charge in [0.25, 0.3) is 0 Å². The molecule has 89 heavy (non-hydrogen) atoms. The van der Waals surface area contributed by atoms with Crippen molar-refractivity contribution in [1.29, 1.82) is 0 Å². The number of hydrogen-bond acceptors (Lipinski definition) is 15. The minimum Gasteiger partial charge on any atom is -0.497 e. The molecule has 0 aromatic heterocycles. The number of methoxy groups -OCH3 is 1. The standard InChI is InChI=1S/C63H66O15Si11/c1-53-40-42-54(43-41-53)49-51-83(4)72-87(61-34-20-9-21-35-61)70-81(57-26-12-5-13-27-57)69-84(58-28-14-6-15-29-58)65-52-80-67-82(3,50-48-55-44-46-56(64-2)47-45-55)71-85(66-79,59-30-16-7-17-31-59)75-89(78-87,63-38-24-11-25-39-63)77-86(68-80,60-32-18-8-19-33-60)76-88(73-83,74-84)62-36-22-10-23-37-62/h5-51,80-81H,52H2,1-4,79H3/b50-48+,51-49+/t80?,81?,82?,83?,84?,85?,86-,87?,88?,89?/m0/s1.